The van der Waals surface area contributed by atoms with Gasteiger partial charge >= 0.3 is 0 Å². The summed E-state index contributed by atoms with van der Waals surface area (Å²) in [4.78, 5) is 12.4. The van der Waals surface area contributed by atoms with Crippen molar-refractivity contribution in [1.29, 1.82) is 0 Å². The first-order valence-corrected chi connectivity index (χ1v) is 7.45. The monoisotopic (exact) mass is 325 g/mol. The van der Waals surface area contributed by atoms with Crippen LogP contribution in [0, 0.1) is 12.7 Å². The lowest BCUT2D eigenvalue weighted by molar-refractivity contribution is 0.0993. The van der Waals surface area contributed by atoms with Crippen molar-refractivity contribution in [3.63, 3.8) is 0 Å². The molecule has 4 nitrogen and oxygen atoms in total. The molecule has 0 aliphatic heterocycles. The molecule has 0 saturated carbocycles. The van der Waals surface area contributed by atoms with Crippen LogP contribution in [0.2, 0.25) is 0 Å². The van der Waals surface area contributed by atoms with Crippen molar-refractivity contribution in [3.8, 4) is 5.75 Å². The number of hydrogen-bond acceptors (Lipinski definition) is 3. The molecule has 2 aromatic carbocycles. The number of aryl methyl sites for hydroxylation is 1. The molecule has 122 valence electrons. The van der Waals surface area contributed by atoms with Gasteiger partial charge in [-0.15, -0.1) is 0 Å². The van der Waals surface area contributed by atoms with Gasteiger partial charge in [0.15, 0.2) is 5.76 Å². The molecule has 0 fully saturated rings. The number of halogens is 1. The Kier molecular flexibility index (Phi) is 4.61. The number of anilines is 1. The van der Waals surface area contributed by atoms with Gasteiger partial charge < -0.3 is 14.5 Å². The quantitative estimate of drug-likeness (QED) is 0.748. The molecule has 0 bridgehead atoms. The summed E-state index contributed by atoms with van der Waals surface area (Å²) in [6, 6.07) is 15.2. The average molecular weight is 325 g/mol. The second-order valence-corrected chi connectivity index (χ2v) is 5.29. The first kappa shape index (κ1) is 15.8. The lowest BCUT2D eigenvalue weighted by atomic mass is 10.2. The van der Waals surface area contributed by atoms with E-state index in [9.17, 15) is 9.18 Å². The van der Waals surface area contributed by atoms with E-state index in [0.717, 1.165) is 5.56 Å². The summed E-state index contributed by atoms with van der Waals surface area (Å²) in [5, 5.41) is 2.66. The largest absolute Gasteiger partial charge is 0.489 e. The van der Waals surface area contributed by atoms with Gasteiger partial charge in [0, 0.05) is 11.3 Å². The molecule has 0 aliphatic rings. The molecule has 0 atom stereocenters. The zero-order valence-electron chi connectivity index (χ0n) is 13.1. The molecule has 1 N–H and O–H groups in total. The lowest BCUT2D eigenvalue weighted by Gasteiger charge is -2.09. The van der Waals surface area contributed by atoms with Crippen LogP contribution in [0.4, 0.5) is 10.1 Å². The van der Waals surface area contributed by atoms with Crippen molar-refractivity contribution in [1.82, 2.24) is 0 Å². The Hall–Kier alpha value is -3.08. The Morgan fingerprint density at radius 2 is 1.96 bits per heavy atom. The number of furan rings is 1. The number of para-hydroxylation sites is 1. The Balaban J connectivity index is 1.72. The summed E-state index contributed by atoms with van der Waals surface area (Å²) in [7, 11) is 0. The number of carbonyl (C=O) groups is 1. The molecule has 0 unspecified atom stereocenters. The van der Waals surface area contributed by atoms with E-state index >= 15 is 0 Å². The van der Waals surface area contributed by atoms with Crippen molar-refractivity contribution in [3.05, 3.63) is 83.6 Å². The Morgan fingerprint density at radius 1 is 1.17 bits per heavy atom. The van der Waals surface area contributed by atoms with Gasteiger partial charge in [-0.25, -0.2) is 4.39 Å². The summed E-state index contributed by atoms with van der Waals surface area (Å²) in [6.07, 6.45) is 1.43. The molecule has 24 heavy (non-hydrogen) atoms. The van der Waals surface area contributed by atoms with Gasteiger partial charge in [-0.05, 0) is 42.8 Å². The van der Waals surface area contributed by atoms with Crippen LogP contribution in [0.5, 0.6) is 5.75 Å². The van der Waals surface area contributed by atoms with Gasteiger partial charge in [0.05, 0.1) is 6.26 Å². The van der Waals surface area contributed by atoms with Crippen LogP contribution in [0.25, 0.3) is 0 Å². The van der Waals surface area contributed by atoms with E-state index in [1.807, 2.05) is 30.3 Å². The predicted molar refractivity (Wildman–Crippen MR) is 88.6 cm³/mol. The fourth-order valence-electron chi connectivity index (χ4n) is 2.23. The smallest absolute Gasteiger partial charge is 0.291 e. The molecule has 3 rings (SSSR count). The Morgan fingerprint density at radius 3 is 2.75 bits per heavy atom. The molecule has 0 radical (unpaired) electrons. The highest BCUT2D eigenvalue weighted by molar-refractivity contribution is 6.03. The second-order valence-electron chi connectivity index (χ2n) is 5.29. The maximum atomic E-state index is 13.3. The molecule has 1 aromatic heterocycles. The average Bonchev–Trinajstić information content (AvgIpc) is 3.06. The van der Waals surface area contributed by atoms with Crippen LogP contribution in [-0.4, -0.2) is 5.91 Å². The van der Waals surface area contributed by atoms with Crippen molar-refractivity contribution in [2.45, 2.75) is 13.5 Å². The van der Waals surface area contributed by atoms with Gasteiger partial charge in [0.2, 0.25) is 0 Å². The highest BCUT2D eigenvalue weighted by atomic mass is 19.1. The third-order valence-electron chi connectivity index (χ3n) is 3.54. The fourth-order valence-corrected chi connectivity index (χ4v) is 2.23. The molecule has 0 saturated heterocycles. The molecular weight excluding hydrogens is 309 g/mol. The molecule has 5 heteroatoms. The maximum Gasteiger partial charge on any atom is 0.291 e. The highest BCUT2D eigenvalue weighted by Gasteiger charge is 2.17. The first-order valence-electron chi connectivity index (χ1n) is 7.45. The normalized spacial score (nSPS) is 10.4. The number of carbonyl (C=O) groups excluding carboxylic acids is 1. The molecular formula is C19H16FNO3. The maximum absolute atomic E-state index is 13.3. The van der Waals surface area contributed by atoms with E-state index in [4.69, 9.17) is 9.15 Å². The van der Waals surface area contributed by atoms with E-state index in [0.29, 0.717) is 17.0 Å². The summed E-state index contributed by atoms with van der Waals surface area (Å²) >= 11 is 0. The fraction of sp³-hybridized carbons (Fsp3) is 0.105. The second kappa shape index (κ2) is 7.00. The number of amides is 1. The zero-order chi connectivity index (χ0) is 16.9. The highest BCUT2D eigenvalue weighted by Crippen LogP contribution is 2.20. The van der Waals surface area contributed by atoms with E-state index < -0.39 is 11.7 Å². The van der Waals surface area contributed by atoms with Crippen molar-refractivity contribution in [2.24, 2.45) is 0 Å². The topological polar surface area (TPSA) is 51.5 Å². The standard InChI is InChI=1S/C19H16FNO3/c1-13-7-8-15(20)11-17(13)21-19(22)18-14(9-10-23-18)12-24-16-5-3-2-4-6-16/h2-11H,12H2,1H3,(H,21,22). The zero-order valence-corrected chi connectivity index (χ0v) is 13.1. The van der Waals surface area contributed by atoms with Crippen LogP contribution in [0.1, 0.15) is 21.7 Å². The van der Waals surface area contributed by atoms with Gasteiger partial charge in [-0.1, -0.05) is 24.3 Å². The van der Waals surface area contributed by atoms with Crippen molar-refractivity contribution >= 4 is 11.6 Å². The van der Waals surface area contributed by atoms with Crippen LogP contribution < -0.4 is 10.1 Å². The SMILES string of the molecule is Cc1ccc(F)cc1NC(=O)c1occc1COc1ccccc1. The van der Waals surface area contributed by atoms with Gasteiger partial charge in [-0.2, -0.15) is 0 Å². The summed E-state index contributed by atoms with van der Waals surface area (Å²) in [5.74, 6) is -0.0102. The van der Waals surface area contributed by atoms with Gasteiger partial charge in [0.25, 0.3) is 5.91 Å². The number of rotatable bonds is 5. The summed E-state index contributed by atoms with van der Waals surface area (Å²) in [6.45, 7) is 1.99. The summed E-state index contributed by atoms with van der Waals surface area (Å²) < 4.78 is 24.2. The van der Waals surface area contributed by atoms with Gasteiger partial charge in [0.1, 0.15) is 18.2 Å². The first-order chi connectivity index (χ1) is 11.6. The number of nitrogens with one attached hydrogen (secondary N) is 1. The van der Waals surface area contributed by atoms with Crippen LogP contribution in [-0.2, 0) is 6.61 Å². The minimum Gasteiger partial charge on any atom is -0.489 e. The predicted octanol–water partition coefficient (Wildman–Crippen LogP) is 4.56. The summed E-state index contributed by atoms with van der Waals surface area (Å²) in [5.41, 5.74) is 1.79. The third-order valence-corrected chi connectivity index (χ3v) is 3.54. The van der Waals surface area contributed by atoms with Gasteiger partial charge in [-0.3, -0.25) is 4.79 Å². The molecule has 1 amide bonds. The van der Waals surface area contributed by atoms with Crippen LogP contribution in [0.15, 0.2) is 65.3 Å². The van der Waals surface area contributed by atoms with Crippen LogP contribution in [0.3, 0.4) is 0 Å². The van der Waals surface area contributed by atoms with Crippen molar-refractivity contribution < 1.29 is 18.3 Å². The number of ether oxygens (including phenoxy) is 1. The Labute approximate surface area is 138 Å². The number of benzene rings is 2. The van der Waals surface area contributed by atoms with E-state index in [-0.39, 0.29) is 12.4 Å². The molecule has 0 spiro atoms. The minimum atomic E-state index is -0.444. The van der Waals surface area contributed by atoms with E-state index in [2.05, 4.69) is 5.32 Å². The molecule has 1 heterocycles. The van der Waals surface area contributed by atoms with Crippen molar-refractivity contribution in [2.75, 3.05) is 5.32 Å². The Bertz CT molecular complexity index is 843. The van der Waals surface area contributed by atoms with E-state index in [1.54, 1.807) is 19.1 Å². The van der Waals surface area contributed by atoms with Crippen LogP contribution >= 0.6 is 0 Å². The number of hydrogen-bond donors (Lipinski definition) is 1. The van der Waals surface area contributed by atoms with E-state index in [1.165, 1.54) is 18.4 Å². The molecule has 3 aromatic rings. The molecule has 0 aliphatic carbocycles. The lowest BCUT2D eigenvalue weighted by Crippen LogP contribution is -2.14. The minimum absolute atomic E-state index is 0.148. The third kappa shape index (κ3) is 3.63.